The van der Waals surface area contributed by atoms with Crippen LogP contribution in [0.15, 0.2) is 48.5 Å². The van der Waals surface area contributed by atoms with Gasteiger partial charge in [-0.3, -0.25) is 9.69 Å². The first-order valence-electron chi connectivity index (χ1n) is 11.5. The molecule has 0 aliphatic carbocycles. The van der Waals surface area contributed by atoms with Gasteiger partial charge in [0.15, 0.2) is 0 Å². The Balaban J connectivity index is 1.47. The molecule has 4 rings (SSSR count). The quantitative estimate of drug-likeness (QED) is 0.711. The molecule has 2 aliphatic heterocycles. The smallest absolute Gasteiger partial charge is 0.241 e. The van der Waals surface area contributed by atoms with Crippen LogP contribution in [0.5, 0.6) is 5.75 Å². The molecule has 1 fully saturated rings. The molecule has 0 spiro atoms. The van der Waals surface area contributed by atoms with Crippen molar-refractivity contribution >= 4 is 17.3 Å². The van der Waals surface area contributed by atoms with Crippen molar-refractivity contribution < 1.29 is 9.53 Å². The summed E-state index contributed by atoms with van der Waals surface area (Å²) in [6.45, 7) is 13.5. The molecule has 0 radical (unpaired) electrons. The number of carbonyl (C=O) groups is 1. The average molecular weight is 422 g/mol. The molecule has 2 aromatic rings. The Bertz CT molecular complexity index is 904. The summed E-state index contributed by atoms with van der Waals surface area (Å²) >= 11 is 0. The van der Waals surface area contributed by atoms with Gasteiger partial charge in [0.1, 0.15) is 5.75 Å². The fraction of sp³-hybridized carbons (Fsp3) is 0.500. The second-order valence-corrected chi connectivity index (χ2v) is 9.40. The van der Waals surface area contributed by atoms with Crippen molar-refractivity contribution in [1.29, 1.82) is 0 Å². The Morgan fingerprint density at radius 1 is 1.06 bits per heavy atom. The van der Waals surface area contributed by atoms with Gasteiger partial charge in [0.25, 0.3) is 0 Å². The number of benzene rings is 2. The number of anilines is 2. The molecule has 5 nitrogen and oxygen atoms in total. The van der Waals surface area contributed by atoms with Crippen LogP contribution in [0.2, 0.25) is 0 Å². The molecule has 0 unspecified atom stereocenters. The zero-order chi connectivity index (χ0) is 22.0. The van der Waals surface area contributed by atoms with E-state index in [1.165, 1.54) is 11.3 Å². The number of hydrogen-bond acceptors (Lipinski definition) is 4. The van der Waals surface area contributed by atoms with Crippen LogP contribution >= 0.6 is 0 Å². The van der Waals surface area contributed by atoms with Gasteiger partial charge in [0.05, 0.1) is 13.2 Å². The van der Waals surface area contributed by atoms with E-state index in [-0.39, 0.29) is 11.4 Å². The highest BCUT2D eigenvalue weighted by molar-refractivity contribution is 5.97. The highest BCUT2D eigenvalue weighted by Crippen LogP contribution is 2.44. The lowest BCUT2D eigenvalue weighted by atomic mass is 9.80. The van der Waals surface area contributed by atoms with Crippen molar-refractivity contribution in [3.8, 4) is 5.75 Å². The van der Waals surface area contributed by atoms with Gasteiger partial charge >= 0.3 is 0 Å². The first-order chi connectivity index (χ1) is 14.9. The fourth-order valence-corrected chi connectivity index (χ4v) is 5.20. The Morgan fingerprint density at radius 2 is 1.77 bits per heavy atom. The van der Waals surface area contributed by atoms with Gasteiger partial charge in [-0.25, -0.2) is 0 Å². The maximum Gasteiger partial charge on any atom is 0.241 e. The fourth-order valence-electron chi connectivity index (χ4n) is 5.20. The Morgan fingerprint density at radius 3 is 2.45 bits per heavy atom. The van der Waals surface area contributed by atoms with E-state index in [4.69, 9.17) is 4.74 Å². The van der Waals surface area contributed by atoms with Crippen molar-refractivity contribution in [2.24, 2.45) is 0 Å². The maximum atomic E-state index is 13.6. The molecule has 2 aromatic carbocycles. The van der Waals surface area contributed by atoms with Gasteiger partial charge < -0.3 is 14.5 Å². The van der Waals surface area contributed by atoms with E-state index in [1.54, 1.807) is 0 Å². The van der Waals surface area contributed by atoms with E-state index >= 15 is 0 Å². The van der Waals surface area contributed by atoms with Gasteiger partial charge in [0.2, 0.25) is 5.91 Å². The lowest BCUT2D eigenvalue weighted by Crippen LogP contribution is -2.56. The minimum Gasteiger partial charge on any atom is -0.494 e. The summed E-state index contributed by atoms with van der Waals surface area (Å²) in [5.41, 5.74) is 3.31. The van der Waals surface area contributed by atoms with Crippen LogP contribution in [0.1, 0.15) is 45.6 Å². The number of rotatable bonds is 5. The normalized spacial score (nSPS) is 21.0. The topological polar surface area (TPSA) is 36.0 Å². The Hall–Kier alpha value is -2.53. The van der Waals surface area contributed by atoms with Crippen molar-refractivity contribution in [1.82, 2.24) is 4.90 Å². The van der Waals surface area contributed by atoms with Gasteiger partial charge in [-0.1, -0.05) is 25.1 Å². The molecule has 166 valence electrons. The first-order valence-corrected chi connectivity index (χ1v) is 11.5. The van der Waals surface area contributed by atoms with E-state index in [9.17, 15) is 4.79 Å². The van der Waals surface area contributed by atoms with Crippen LogP contribution in [0, 0.1) is 0 Å². The number of para-hydroxylation sites is 1. The third-order valence-corrected chi connectivity index (χ3v) is 6.59. The summed E-state index contributed by atoms with van der Waals surface area (Å²) in [6, 6.07) is 16.7. The van der Waals surface area contributed by atoms with Crippen LogP contribution in [-0.2, 0) is 4.79 Å². The Kier molecular flexibility index (Phi) is 6.24. The minimum atomic E-state index is -0.206. The van der Waals surface area contributed by atoms with Crippen LogP contribution in [0.25, 0.3) is 0 Å². The summed E-state index contributed by atoms with van der Waals surface area (Å²) in [7, 11) is 0. The summed E-state index contributed by atoms with van der Waals surface area (Å²) in [5, 5.41) is 0. The number of fused-ring (bicyclic) bond motifs is 1. The first kappa shape index (κ1) is 21.7. The summed E-state index contributed by atoms with van der Waals surface area (Å²) in [4.78, 5) is 20.3. The third-order valence-electron chi connectivity index (χ3n) is 6.59. The van der Waals surface area contributed by atoms with Crippen LogP contribution in [-0.4, -0.2) is 55.7 Å². The van der Waals surface area contributed by atoms with E-state index in [1.807, 2.05) is 17.9 Å². The van der Waals surface area contributed by atoms with Crippen molar-refractivity contribution in [2.45, 2.75) is 45.6 Å². The van der Waals surface area contributed by atoms with E-state index < -0.39 is 0 Å². The second-order valence-electron chi connectivity index (χ2n) is 9.40. The largest absolute Gasteiger partial charge is 0.494 e. The zero-order valence-electron chi connectivity index (χ0n) is 19.3. The molecule has 0 N–H and O–H groups in total. The van der Waals surface area contributed by atoms with Gasteiger partial charge in [0, 0.05) is 43.1 Å². The lowest BCUT2D eigenvalue weighted by Gasteiger charge is -2.47. The van der Waals surface area contributed by atoms with Crippen molar-refractivity contribution in [3.63, 3.8) is 0 Å². The monoisotopic (exact) mass is 421 g/mol. The molecule has 5 heteroatoms. The molecule has 2 heterocycles. The minimum absolute atomic E-state index is 0.190. The van der Waals surface area contributed by atoms with Crippen molar-refractivity contribution in [3.05, 3.63) is 54.1 Å². The molecule has 0 bridgehead atoms. The van der Waals surface area contributed by atoms with Gasteiger partial charge in [-0.15, -0.1) is 0 Å². The molecular weight excluding hydrogens is 386 g/mol. The number of amides is 1. The van der Waals surface area contributed by atoms with Gasteiger partial charge in [-0.05, 0) is 69.0 Å². The number of carbonyl (C=O) groups excluding carboxylic acids is 1. The van der Waals surface area contributed by atoms with Gasteiger partial charge in [-0.2, -0.15) is 0 Å². The molecule has 1 saturated heterocycles. The van der Waals surface area contributed by atoms with E-state index in [0.717, 1.165) is 44.0 Å². The second kappa shape index (κ2) is 8.91. The SMILES string of the molecule is CCOc1ccc2c(c1)[C@@H](C)CC(C)(C)N2C(=O)CN1CCN(c2ccccc2)CC1. The predicted molar refractivity (Wildman–Crippen MR) is 127 cm³/mol. The number of nitrogens with zero attached hydrogens (tertiary/aromatic N) is 3. The average Bonchev–Trinajstić information content (AvgIpc) is 2.75. The number of ether oxygens (including phenoxy) is 1. The molecule has 1 amide bonds. The van der Waals surface area contributed by atoms with Crippen LogP contribution in [0.3, 0.4) is 0 Å². The standard InChI is InChI=1S/C26H35N3O2/c1-5-31-22-11-12-24-23(17-22)20(2)18-26(3,4)29(24)25(30)19-27-13-15-28(16-14-27)21-9-7-6-8-10-21/h6-12,17,20H,5,13-16,18-19H2,1-4H3/t20-/m0/s1. The summed E-state index contributed by atoms with van der Waals surface area (Å²) < 4.78 is 5.72. The van der Waals surface area contributed by atoms with Crippen LogP contribution < -0.4 is 14.5 Å². The molecule has 31 heavy (non-hydrogen) atoms. The predicted octanol–water partition coefficient (Wildman–Crippen LogP) is 4.53. The lowest BCUT2D eigenvalue weighted by molar-refractivity contribution is -0.121. The van der Waals surface area contributed by atoms with E-state index in [2.05, 4.69) is 73.0 Å². The van der Waals surface area contributed by atoms with Crippen LogP contribution in [0.4, 0.5) is 11.4 Å². The van der Waals surface area contributed by atoms with E-state index in [0.29, 0.717) is 19.1 Å². The molecule has 0 aromatic heterocycles. The number of piperazine rings is 1. The highest BCUT2D eigenvalue weighted by atomic mass is 16.5. The maximum absolute atomic E-state index is 13.6. The molecule has 0 saturated carbocycles. The Labute approximate surface area is 186 Å². The molecule has 2 aliphatic rings. The zero-order valence-corrected chi connectivity index (χ0v) is 19.3. The number of hydrogen-bond donors (Lipinski definition) is 0. The summed E-state index contributed by atoms with van der Waals surface area (Å²) in [6.07, 6.45) is 0.948. The molecule has 1 atom stereocenters. The highest BCUT2D eigenvalue weighted by Gasteiger charge is 2.40. The third kappa shape index (κ3) is 4.57. The summed E-state index contributed by atoms with van der Waals surface area (Å²) in [5.74, 6) is 1.47. The molecular formula is C26H35N3O2. The van der Waals surface area contributed by atoms with Crippen molar-refractivity contribution in [2.75, 3.05) is 49.1 Å².